The minimum absolute atomic E-state index is 0.442. The van der Waals surface area contributed by atoms with Gasteiger partial charge in [-0.05, 0) is 35.9 Å². The number of carbonyl (C=O) groups excluding carboxylic acids is 1. The summed E-state index contributed by atoms with van der Waals surface area (Å²) in [6.07, 6.45) is 0. The Labute approximate surface area is 124 Å². The fourth-order valence-electron chi connectivity index (χ4n) is 1.72. The minimum atomic E-state index is -0.591. The fraction of sp³-hybridized carbons (Fsp3) is 0.0714. The van der Waals surface area contributed by atoms with Crippen molar-refractivity contribution in [3.8, 4) is 0 Å². The van der Waals surface area contributed by atoms with Gasteiger partial charge in [0.15, 0.2) is 0 Å². The average molecular weight is 340 g/mol. The van der Waals surface area contributed by atoms with E-state index in [2.05, 4.69) is 21.2 Å². The van der Waals surface area contributed by atoms with Gasteiger partial charge in [0.2, 0.25) is 5.91 Å². The molecule has 0 fully saturated rings. The Kier molecular flexibility index (Phi) is 4.45. The van der Waals surface area contributed by atoms with E-state index >= 15 is 0 Å². The standard InChI is InChI=1S/C14H12BrClN2O/c15-10-2-1-3-12(8-10)18-13(14(17)19)9-4-6-11(16)7-5-9/h1-8,13,18H,(H2,17,19). The topological polar surface area (TPSA) is 55.1 Å². The van der Waals surface area contributed by atoms with Crippen molar-refractivity contribution < 1.29 is 4.79 Å². The summed E-state index contributed by atoms with van der Waals surface area (Å²) in [5.41, 5.74) is 7.03. The molecule has 0 spiro atoms. The summed E-state index contributed by atoms with van der Waals surface area (Å²) in [5.74, 6) is -0.442. The van der Waals surface area contributed by atoms with Crippen molar-refractivity contribution in [3.63, 3.8) is 0 Å². The van der Waals surface area contributed by atoms with Gasteiger partial charge in [-0.2, -0.15) is 0 Å². The first-order valence-electron chi connectivity index (χ1n) is 5.63. The maximum atomic E-state index is 11.6. The number of rotatable bonds is 4. The molecule has 0 aliphatic rings. The zero-order chi connectivity index (χ0) is 13.8. The van der Waals surface area contributed by atoms with Crippen LogP contribution in [0, 0.1) is 0 Å². The predicted molar refractivity (Wildman–Crippen MR) is 81.2 cm³/mol. The number of halogens is 2. The highest BCUT2D eigenvalue weighted by Crippen LogP contribution is 2.23. The molecule has 2 rings (SSSR count). The van der Waals surface area contributed by atoms with Crippen molar-refractivity contribution >= 4 is 39.1 Å². The Morgan fingerprint density at radius 2 is 1.89 bits per heavy atom. The molecule has 2 aromatic carbocycles. The quantitative estimate of drug-likeness (QED) is 0.891. The highest BCUT2D eigenvalue weighted by molar-refractivity contribution is 9.10. The molecule has 1 amide bonds. The molecule has 19 heavy (non-hydrogen) atoms. The molecular weight excluding hydrogens is 328 g/mol. The van der Waals surface area contributed by atoms with Gasteiger partial charge >= 0.3 is 0 Å². The molecule has 98 valence electrons. The second kappa shape index (κ2) is 6.08. The number of hydrogen-bond acceptors (Lipinski definition) is 2. The lowest BCUT2D eigenvalue weighted by molar-refractivity contribution is -0.118. The largest absolute Gasteiger partial charge is 0.370 e. The summed E-state index contributed by atoms with van der Waals surface area (Å²) in [7, 11) is 0. The Morgan fingerprint density at radius 1 is 1.21 bits per heavy atom. The number of hydrogen-bond donors (Lipinski definition) is 2. The van der Waals surface area contributed by atoms with Crippen molar-refractivity contribution in [1.29, 1.82) is 0 Å². The highest BCUT2D eigenvalue weighted by Gasteiger charge is 2.17. The maximum Gasteiger partial charge on any atom is 0.244 e. The Bertz CT molecular complexity index is 586. The smallest absolute Gasteiger partial charge is 0.244 e. The van der Waals surface area contributed by atoms with E-state index in [0.29, 0.717) is 5.02 Å². The molecule has 5 heteroatoms. The lowest BCUT2D eigenvalue weighted by Gasteiger charge is -2.17. The molecule has 0 saturated heterocycles. The zero-order valence-corrected chi connectivity index (χ0v) is 12.3. The predicted octanol–water partition coefficient (Wildman–Crippen LogP) is 3.74. The van der Waals surface area contributed by atoms with E-state index in [9.17, 15) is 4.79 Å². The summed E-state index contributed by atoms with van der Waals surface area (Å²) in [5, 5.41) is 3.73. The molecule has 0 heterocycles. The van der Waals surface area contributed by atoms with Gasteiger partial charge in [-0.1, -0.05) is 45.7 Å². The number of benzene rings is 2. The molecule has 1 unspecified atom stereocenters. The number of primary amides is 1. The molecule has 0 radical (unpaired) electrons. The van der Waals surface area contributed by atoms with E-state index in [0.717, 1.165) is 15.7 Å². The number of nitrogens with one attached hydrogen (secondary N) is 1. The summed E-state index contributed by atoms with van der Waals surface area (Å²) >= 11 is 9.22. The van der Waals surface area contributed by atoms with Gasteiger partial charge in [0, 0.05) is 15.2 Å². The molecule has 0 bridgehead atoms. The van der Waals surface area contributed by atoms with E-state index in [1.54, 1.807) is 24.3 Å². The number of nitrogens with two attached hydrogens (primary N) is 1. The van der Waals surface area contributed by atoms with Crippen molar-refractivity contribution in [2.24, 2.45) is 5.73 Å². The molecular formula is C14H12BrClN2O. The van der Waals surface area contributed by atoms with E-state index in [-0.39, 0.29) is 0 Å². The van der Waals surface area contributed by atoms with Crippen LogP contribution in [0.2, 0.25) is 5.02 Å². The number of carbonyl (C=O) groups is 1. The van der Waals surface area contributed by atoms with Crippen LogP contribution in [-0.4, -0.2) is 5.91 Å². The monoisotopic (exact) mass is 338 g/mol. The summed E-state index contributed by atoms with van der Waals surface area (Å²) < 4.78 is 0.928. The minimum Gasteiger partial charge on any atom is -0.370 e. The third-order valence-electron chi connectivity index (χ3n) is 2.62. The Hall–Kier alpha value is -1.52. The molecule has 2 aromatic rings. The van der Waals surface area contributed by atoms with Crippen LogP contribution in [0.25, 0.3) is 0 Å². The molecule has 0 saturated carbocycles. The van der Waals surface area contributed by atoms with Crippen LogP contribution in [0.15, 0.2) is 53.0 Å². The molecule has 3 nitrogen and oxygen atoms in total. The number of amides is 1. The zero-order valence-electron chi connectivity index (χ0n) is 9.94. The first-order valence-corrected chi connectivity index (χ1v) is 6.80. The van der Waals surface area contributed by atoms with Gasteiger partial charge in [0.1, 0.15) is 6.04 Å². The van der Waals surface area contributed by atoms with Gasteiger partial charge in [-0.3, -0.25) is 4.79 Å². The third kappa shape index (κ3) is 3.72. The van der Waals surface area contributed by atoms with Crippen molar-refractivity contribution in [3.05, 3.63) is 63.6 Å². The van der Waals surface area contributed by atoms with Gasteiger partial charge < -0.3 is 11.1 Å². The third-order valence-corrected chi connectivity index (χ3v) is 3.37. The van der Waals surface area contributed by atoms with Crippen molar-refractivity contribution in [2.45, 2.75) is 6.04 Å². The van der Waals surface area contributed by atoms with Gasteiger partial charge in [0.25, 0.3) is 0 Å². The van der Waals surface area contributed by atoms with Crippen LogP contribution in [0.1, 0.15) is 11.6 Å². The fourth-order valence-corrected chi connectivity index (χ4v) is 2.24. The average Bonchev–Trinajstić information content (AvgIpc) is 2.37. The van der Waals surface area contributed by atoms with Crippen LogP contribution in [0.3, 0.4) is 0 Å². The van der Waals surface area contributed by atoms with Crippen molar-refractivity contribution in [1.82, 2.24) is 0 Å². The van der Waals surface area contributed by atoms with Gasteiger partial charge in [0.05, 0.1) is 0 Å². The summed E-state index contributed by atoms with van der Waals surface area (Å²) in [4.78, 5) is 11.6. The SMILES string of the molecule is NC(=O)C(Nc1cccc(Br)c1)c1ccc(Cl)cc1. The molecule has 1 atom stereocenters. The Morgan fingerprint density at radius 3 is 2.47 bits per heavy atom. The van der Waals surface area contributed by atoms with Gasteiger partial charge in [-0.25, -0.2) is 0 Å². The molecule has 0 aliphatic heterocycles. The second-order valence-electron chi connectivity index (χ2n) is 4.04. The van der Waals surface area contributed by atoms with E-state index in [1.165, 1.54) is 0 Å². The van der Waals surface area contributed by atoms with E-state index < -0.39 is 11.9 Å². The van der Waals surface area contributed by atoms with Crippen LogP contribution < -0.4 is 11.1 Å². The van der Waals surface area contributed by atoms with E-state index in [1.807, 2.05) is 24.3 Å². The first kappa shape index (κ1) is 13.9. The van der Waals surface area contributed by atoms with Crippen LogP contribution in [0.5, 0.6) is 0 Å². The van der Waals surface area contributed by atoms with Crippen LogP contribution >= 0.6 is 27.5 Å². The highest BCUT2D eigenvalue weighted by atomic mass is 79.9. The normalized spacial score (nSPS) is 11.9. The van der Waals surface area contributed by atoms with E-state index in [4.69, 9.17) is 17.3 Å². The first-order chi connectivity index (χ1) is 9.06. The summed E-state index contributed by atoms with van der Waals surface area (Å²) in [6.45, 7) is 0. The molecule has 0 aliphatic carbocycles. The van der Waals surface area contributed by atoms with Gasteiger partial charge in [-0.15, -0.1) is 0 Å². The van der Waals surface area contributed by atoms with Crippen LogP contribution in [-0.2, 0) is 4.79 Å². The Balaban J connectivity index is 2.26. The number of anilines is 1. The van der Waals surface area contributed by atoms with Crippen molar-refractivity contribution in [2.75, 3.05) is 5.32 Å². The lowest BCUT2D eigenvalue weighted by atomic mass is 10.1. The second-order valence-corrected chi connectivity index (χ2v) is 5.39. The summed E-state index contributed by atoms with van der Waals surface area (Å²) in [6, 6.07) is 14.0. The maximum absolute atomic E-state index is 11.6. The van der Waals surface area contributed by atoms with Crippen LogP contribution in [0.4, 0.5) is 5.69 Å². The molecule has 0 aromatic heterocycles. The molecule has 3 N–H and O–H groups in total. The lowest BCUT2D eigenvalue weighted by Crippen LogP contribution is -2.27.